The van der Waals surface area contributed by atoms with Gasteiger partial charge in [-0.3, -0.25) is 43.4 Å². The molecular weight excluding hydrogens is 891 g/mol. The third kappa shape index (κ3) is 8.84. The van der Waals surface area contributed by atoms with Gasteiger partial charge in [0.15, 0.2) is 24.6 Å². The first-order chi connectivity index (χ1) is 32.5. The Morgan fingerprint density at radius 1 is 0.926 bits per heavy atom. The number of amides is 5. The van der Waals surface area contributed by atoms with Crippen molar-refractivity contribution in [3.05, 3.63) is 51.6 Å². The van der Waals surface area contributed by atoms with E-state index in [1.807, 2.05) is 20.8 Å². The van der Waals surface area contributed by atoms with Gasteiger partial charge in [0.2, 0.25) is 29.4 Å². The van der Waals surface area contributed by atoms with Crippen LogP contribution in [0.1, 0.15) is 108 Å². The summed E-state index contributed by atoms with van der Waals surface area (Å²) in [4.78, 5) is 96.0. The lowest BCUT2D eigenvalue weighted by Crippen LogP contribution is -2.55. The average molecular weight is 950 g/mol. The molecule has 4 aliphatic heterocycles. The molecule has 0 saturated carbocycles. The summed E-state index contributed by atoms with van der Waals surface area (Å²) >= 11 is 0. The molecule has 0 aromatic heterocycles. The number of likely N-dealkylation sites (tertiary alicyclic amines) is 1. The number of nitrogens with zero attached hydrogens (tertiary/aromatic N) is 2. The number of benzene rings is 2. The SMILES string of the molecule is CCC(CC)C1CC(=O)N(CC(=O)NCCC(=O)NCCNC(=O)[C@]2(O)Cc3c(O)c4c(c(O)c3[C@@H](O[C@H]3C[C@H]5[C@H](O[C@@H]6[C@@H](OC)OCCN65)[C@H](C)O3)C2)C(=O)c2c(OC)cccc2C4=O)C1=O. The summed E-state index contributed by atoms with van der Waals surface area (Å²) in [6.45, 7) is 5.84. The van der Waals surface area contributed by atoms with Gasteiger partial charge in [-0.15, -0.1) is 0 Å². The van der Waals surface area contributed by atoms with Gasteiger partial charge in [-0.05, 0) is 18.9 Å². The summed E-state index contributed by atoms with van der Waals surface area (Å²) in [7, 11) is 2.85. The molecule has 0 spiro atoms. The van der Waals surface area contributed by atoms with Gasteiger partial charge in [0.05, 0.1) is 48.5 Å². The molecule has 5 amide bonds. The number of aromatic hydroxyl groups is 2. The number of ketones is 2. The van der Waals surface area contributed by atoms with Crippen molar-refractivity contribution in [3.63, 3.8) is 0 Å². The molecule has 9 atom stereocenters. The fourth-order valence-corrected chi connectivity index (χ4v) is 10.7. The van der Waals surface area contributed by atoms with Crippen molar-refractivity contribution >= 4 is 41.1 Å². The van der Waals surface area contributed by atoms with Crippen LogP contribution in [0.5, 0.6) is 17.2 Å². The number of phenols is 2. The Balaban J connectivity index is 0.952. The van der Waals surface area contributed by atoms with Crippen molar-refractivity contribution in [1.82, 2.24) is 25.8 Å². The lowest BCUT2D eigenvalue weighted by Gasteiger charge is -2.43. The minimum absolute atomic E-state index is 0.0477. The largest absolute Gasteiger partial charge is 0.507 e. The number of ether oxygens (including phenoxy) is 6. The predicted molar refractivity (Wildman–Crippen MR) is 234 cm³/mol. The first-order valence-corrected chi connectivity index (χ1v) is 23.2. The zero-order valence-electron chi connectivity index (χ0n) is 38.7. The first kappa shape index (κ1) is 48.9. The molecule has 4 heterocycles. The molecule has 4 fully saturated rings. The summed E-state index contributed by atoms with van der Waals surface area (Å²) in [5.41, 5.74) is -3.79. The summed E-state index contributed by atoms with van der Waals surface area (Å²) in [6.07, 6.45) is -3.98. The first-order valence-electron chi connectivity index (χ1n) is 23.2. The molecule has 1 unspecified atom stereocenters. The van der Waals surface area contributed by atoms with Crippen LogP contribution in [0.15, 0.2) is 18.2 Å². The Morgan fingerprint density at radius 2 is 1.65 bits per heavy atom. The molecule has 2 aromatic rings. The van der Waals surface area contributed by atoms with E-state index in [1.165, 1.54) is 32.4 Å². The standard InChI is InChI=1S/C47H59N5O16/c1-6-23(7-2)25-17-32(55)52(43(25)60)21-31(54)48-12-11-30(53)49-13-14-50-46(61)47(62)19-26-35(41(59)37-36(39(26)57)38(56)24-9-8-10-28(63-4)34(24)40(37)58)29(20-47)67-33-18-27-42(22(3)66-33)68-44-45(64-5)65-16-15-51(27)44/h8-10,22-23,25,27,29,33,42,44-45,57,59,62H,6-7,11-21H2,1-5H3,(H,48,54)(H,49,53)(H,50,61)/t22-,25?,27-,29-,33-,42+,44+,45-,47-/m0/s1. The van der Waals surface area contributed by atoms with E-state index in [9.17, 15) is 48.9 Å². The van der Waals surface area contributed by atoms with Crippen LogP contribution in [-0.4, -0.2) is 162 Å². The second-order valence-corrected chi connectivity index (χ2v) is 18.1. The number of phenolic OH excluding ortho intramolecular Hbond substituents is 2. The Bertz CT molecular complexity index is 2370. The normalized spacial score (nSPS) is 28.7. The van der Waals surface area contributed by atoms with Gasteiger partial charge in [-0.1, -0.05) is 38.8 Å². The molecule has 6 aliphatic rings. The van der Waals surface area contributed by atoms with Gasteiger partial charge >= 0.3 is 0 Å². The van der Waals surface area contributed by atoms with Crippen molar-refractivity contribution in [2.24, 2.45) is 11.8 Å². The third-order valence-corrected chi connectivity index (χ3v) is 14.2. The highest BCUT2D eigenvalue weighted by Crippen LogP contribution is 2.53. The Morgan fingerprint density at radius 3 is 2.37 bits per heavy atom. The van der Waals surface area contributed by atoms with Gasteiger partial charge in [-0.25, -0.2) is 0 Å². The maximum atomic E-state index is 14.2. The summed E-state index contributed by atoms with van der Waals surface area (Å²) in [6, 6.07) is 4.15. The zero-order chi connectivity index (χ0) is 48.8. The topological polar surface area (TPSA) is 278 Å². The molecule has 6 N–H and O–H groups in total. The van der Waals surface area contributed by atoms with Crippen LogP contribution >= 0.6 is 0 Å². The van der Waals surface area contributed by atoms with E-state index in [2.05, 4.69) is 20.9 Å². The molecule has 21 heteroatoms. The smallest absolute Gasteiger partial charge is 0.252 e. The third-order valence-electron chi connectivity index (χ3n) is 14.2. The van der Waals surface area contributed by atoms with Crippen molar-refractivity contribution in [1.29, 1.82) is 0 Å². The van der Waals surface area contributed by atoms with Gasteiger partial charge in [0.25, 0.3) is 5.91 Å². The Kier molecular flexibility index (Phi) is 14.2. The molecule has 21 nitrogen and oxygen atoms in total. The molecule has 0 bridgehead atoms. The summed E-state index contributed by atoms with van der Waals surface area (Å²) < 4.78 is 35.9. The second-order valence-electron chi connectivity index (χ2n) is 18.1. The summed E-state index contributed by atoms with van der Waals surface area (Å²) in [5, 5.41) is 44.0. The molecule has 2 aliphatic carbocycles. The van der Waals surface area contributed by atoms with Crippen LogP contribution in [0.3, 0.4) is 0 Å². The maximum absolute atomic E-state index is 14.2. The zero-order valence-corrected chi connectivity index (χ0v) is 38.7. The average Bonchev–Trinajstić information content (AvgIpc) is 3.83. The van der Waals surface area contributed by atoms with E-state index in [0.29, 0.717) is 13.2 Å². The number of methoxy groups -OCH3 is 2. The van der Waals surface area contributed by atoms with Crippen LogP contribution < -0.4 is 20.7 Å². The van der Waals surface area contributed by atoms with Crippen LogP contribution in [0.25, 0.3) is 0 Å². The fourth-order valence-electron chi connectivity index (χ4n) is 10.7. The molecule has 0 radical (unpaired) electrons. The number of rotatable bonds is 16. The predicted octanol–water partition coefficient (Wildman–Crippen LogP) is 0.700. The Hall–Kier alpha value is -5.55. The van der Waals surface area contributed by atoms with E-state index < -0.39 is 126 Å². The number of morpholine rings is 1. The van der Waals surface area contributed by atoms with Gasteiger partial charge < -0.3 is 59.7 Å². The van der Waals surface area contributed by atoms with Crippen molar-refractivity contribution in [2.45, 2.75) is 114 Å². The van der Waals surface area contributed by atoms with Crippen LogP contribution in [0, 0.1) is 11.8 Å². The van der Waals surface area contributed by atoms with Crippen LogP contribution in [0.2, 0.25) is 0 Å². The number of fused-ring (bicyclic) bond motifs is 6. The molecule has 8 rings (SSSR count). The lowest BCUT2D eigenvalue weighted by molar-refractivity contribution is -0.256. The van der Waals surface area contributed by atoms with Crippen molar-refractivity contribution in [3.8, 4) is 17.2 Å². The number of hydrogen-bond acceptors (Lipinski definition) is 17. The molecule has 368 valence electrons. The highest BCUT2D eigenvalue weighted by Gasteiger charge is 2.55. The van der Waals surface area contributed by atoms with Crippen molar-refractivity contribution < 1.29 is 77.3 Å². The fraction of sp³-hybridized carbons (Fsp3) is 0.596. The monoisotopic (exact) mass is 949 g/mol. The quantitative estimate of drug-likeness (QED) is 0.0655. The van der Waals surface area contributed by atoms with E-state index in [4.69, 9.17) is 28.4 Å². The van der Waals surface area contributed by atoms with Gasteiger partial charge in [-0.2, -0.15) is 0 Å². The Labute approximate surface area is 392 Å². The number of nitrogens with one attached hydrogen (secondary N) is 3. The number of imide groups is 1. The number of aliphatic hydroxyl groups is 1. The molecule has 4 saturated heterocycles. The number of carbonyl (C=O) groups is 7. The minimum Gasteiger partial charge on any atom is -0.507 e. The van der Waals surface area contributed by atoms with Gasteiger partial charge in [0.1, 0.15) is 35.5 Å². The van der Waals surface area contributed by atoms with Crippen LogP contribution in [0.4, 0.5) is 0 Å². The van der Waals surface area contributed by atoms with Crippen molar-refractivity contribution in [2.75, 3.05) is 53.6 Å². The van der Waals surface area contributed by atoms with Crippen LogP contribution in [-0.2, 0) is 54.1 Å². The molecule has 68 heavy (non-hydrogen) atoms. The van der Waals surface area contributed by atoms with E-state index in [-0.39, 0.29) is 84.8 Å². The summed E-state index contributed by atoms with van der Waals surface area (Å²) in [5.74, 6) is -6.05. The van der Waals surface area contributed by atoms with E-state index in [0.717, 1.165) is 17.7 Å². The maximum Gasteiger partial charge on any atom is 0.252 e. The molecule has 2 aromatic carbocycles. The second kappa shape index (κ2) is 19.8. The lowest BCUT2D eigenvalue weighted by atomic mass is 9.72. The van der Waals surface area contributed by atoms with E-state index >= 15 is 0 Å². The molecular formula is C47H59N5O16. The minimum atomic E-state index is -2.33. The highest BCUT2D eigenvalue weighted by molar-refractivity contribution is 6.31. The van der Waals surface area contributed by atoms with E-state index in [1.54, 1.807) is 0 Å². The highest BCUT2D eigenvalue weighted by atomic mass is 16.7. The number of hydrogen-bond donors (Lipinski definition) is 6. The van der Waals surface area contributed by atoms with Gasteiger partial charge in [0, 0.05) is 88.1 Å². The number of carbonyl (C=O) groups excluding carboxylic acids is 7.